The first kappa shape index (κ1) is 14.8. The zero-order valence-electron chi connectivity index (χ0n) is 11.2. The van der Waals surface area contributed by atoms with Crippen LogP contribution in [0.5, 0.6) is 0 Å². The van der Waals surface area contributed by atoms with Crippen molar-refractivity contribution >= 4 is 12.0 Å². The summed E-state index contributed by atoms with van der Waals surface area (Å²) in [6.07, 6.45) is 0.942. The number of aliphatic carboxylic acids is 1. The molecule has 0 aliphatic carbocycles. The molecular weight excluding hydrogens is 234 g/mol. The van der Waals surface area contributed by atoms with E-state index in [1.165, 1.54) is 0 Å². The summed E-state index contributed by atoms with van der Waals surface area (Å²) in [6, 6.07) is -0.0469. The second-order valence-electron chi connectivity index (χ2n) is 4.65. The summed E-state index contributed by atoms with van der Waals surface area (Å²) in [7, 11) is 0. The summed E-state index contributed by atoms with van der Waals surface area (Å²) >= 11 is 0. The lowest BCUT2D eigenvalue weighted by Gasteiger charge is -2.30. The standard InChI is InChI=1S/C12H23N3O3/c1-3-14(9-10(2)11(16)17)12(18)15-7-4-5-13-6-8-15/h10,13H,3-9H2,1-2H3,(H,16,17). The smallest absolute Gasteiger partial charge is 0.320 e. The molecule has 1 saturated heterocycles. The van der Waals surface area contributed by atoms with Crippen LogP contribution in [0.15, 0.2) is 0 Å². The van der Waals surface area contributed by atoms with Gasteiger partial charge in [0.1, 0.15) is 0 Å². The second kappa shape index (κ2) is 7.20. The number of carbonyl (C=O) groups is 2. The maximum absolute atomic E-state index is 12.3. The molecule has 1 heterocycles. The maximum atomic E-state index is 12.3. The van der Waals surface area contributed by atoms with E-state index >= 15 is 0 Å². The van der Waals surface area contributed by atoms with Gasteiger partial charge in [0.15, 0.2) is 0 Å². The molecular formula is C12H23N3O3. The van der Waals surface area contributed by atoms with Gasteiger partial charge in [-0.05, 0) is 19.9 Å². The average molecular weight is 257 g/mol. The summed E-state index contributed by atoms with van der Waals surface area (Å²) in [5.74, 6) is -1.39. The number of amides is 2. The monoisotopic (exact) mass is 257 g/mol. The summed E-state index contributed by atoms with van der Waals surface area (Å²) in [5, 5.41) is 12.1. The Bertz CT molecular complexity index is 288. The molecule has 1 atom stereocenters. The van der Waals surface area contributed by atoms with E-state index < -0.39 is 11.9 Å². The normalized spacial score (nSPS) is 18.0. The molecule has 1 rings (SSSR count). The number of carbonyl (C=O) groups excluding carboxylic acids is 1. The predicted octanol–water partition coefficient (Wildman–Crippen LogP) is 0.444. The second-order valence-corrected chi connectivity index (χ2v) is 4.65. The van der Waals surface area contributed by atoms with Gasteiger partial charge in [-0.25, -0.2) is 4.79 Å². The Labute approximate surface area is 108 Å². The highest BCUT2D eigenvalue weighted by Gasteiger charge is 2.23. The lowest BCUT2D eigenvalue weighted by molar-refractivity contribution is -0.141. The van der Waals surface area contributed by atoms with Gasteiger partial charge in [-0.1, -0.05) is 6.92 Å². The van der Waals surface area contributed by atoms with Gasteiger partial charge in [-0.2, -0.15) is 0 Å². The molecule has 1 fully saturated rings. The number of nitrogens with one attached hydrogen (secondary N) is 1. The molecule has 0 saturated carbocycles. The van der Waals surface area contributed by atoms with E-state index in [1.807, 2.05) is 6.92 Å². The van der Waals surface area contributed by atoms with Crippen molar-refractivity contribution in [3.8, 4) is 0 Å². The minimum atomic E-state index is -0.862. The molecule has 2 N–H and O–H groups in total. The minimum Gasteiger partial charge on any atom is -0.481 e. The van der Waals surface area contributed by atoms with E-state index in [-0.39, 0.29) is 12.6 Å². The molecule has 0 spiro atoms. The molecule has 104 valence electrons. The van der Waals surface area contributed by atoms with E-state index in [0.717, 1.165) is 26.1 Å². The first-order chi connectivity index (χ1) is 8.56. The topological polar surface area (TPSA) is 72.9 Å². The Morgan fingerprint density at radius 1 is 1.39 bits per heavy atom. The van der Waals surface area contributed by atoms with Crippen molar-refractivity contribution in [2.45, 2.75) is 20.3 Å². The van der Waals surface area contributed by atoms with Crippen molar-refractivity contribution < 1.29 is 14.7 Å². The largest absolute Gasteiger partial charge is 0.481 e. The van der Waals surface area contributed by atoms with Crippen molar-refractivity contribution in [1.29, 1.82) is 0 Å². The first-order valence-corrected chi connectivity index (χ1v) is 6.53. The van der Waals surface area contributed by atoms with Crippen molar-refractivity contribution in [2.75, 3.05) is 39.3 Å². The summed E-state index contributed by atoms with van der Waals surface area (Å²) < 4.78 is 0. The third kappa shape index (κ3) is 4.18. The zero-order valence-corrected chi connectivity index (χ0v) is 11.2. The van der Waals surface area contributed by atoms with Crippen molar-refractivity contribution in [3.05, 3.63) is 0 Å². The number of urea groups is 1. The third-order valence-corrected chi connectivity index (χ3v) is 3.18. The number of hydrogen-bond acceptors (Lipinski definition) is 3. The number of rotatable bonds is 4. The van der Waals surface area contributed by atoms with Gasteiger partial charge in [0.2, 0.25) is 0 Å². The maximum Gasteiger partial charge on any atom is 0.320 e. The van der Waals surface area contributed by atoms with Crippen LogP contribution in [0.2, 0.25) is 0 Å². The van der Waals surface area contributed by atoms with Crippen LogP contribution in [0.4, 0.5) is 4.79 Å². The Morgan fingerprint density at radius 3 is 2.72 bits per heavy atom. The Balaban J connectivity index is 2.57. The highest BCUT2D eigenvalue weighted by molar-refractivity contribution is 5.76. The van der Waals surface area contributed by atoms with E-state index in [4.69, 9.17) is 5.11 Å². The molecule has 0 aromatic carbocycles. The molecule has 0 radical (unpaired) electrons. The van der Waals surface area contributed by atoms with Gasteiger partial charge < -0.3 is 20.2 Å². The fourth-order valence-electron chi connectivity index (χ4n) is 1.99. The number of carboxylic acids is 1. The van der Waals surface area contributed by atoms with Gasteiger partial charge in [-0.3, -0.25) is 4.79 Å². The fourth-order valence-corrected chi connectivity index (χ4v) is 1.99. The Hall–Kier alpha value is -1.30. The molecule has 0 bridgehead atoms. The molecule has 0 aromatic heterocycles. The van der Waals surface area contributed by atoms with Gasteiger partial charge in [-0.15, -0.1) is 0 Å². The average Bonchev–Trinajstić information content (AvgIpc) is 2.63. The molecule has 0 aromatic rings. The van der Waals surface area contributed by atoms with Gasteiger partial charge in [0.25, 0.3) is 0 Å². The quantitative estimate of drug-likeness (QED) is 0.766. The summed E-state index contributed by atoms with van der Waals surface area (Å²) in [4.78, 5) is 26.5. The van der Waals surface area contributed by atoms with Crippen LogP contribution < -0.4 is 5.32 Å². The highest BCUT2D eigenvalue weighted by Crippen LogP contribution is 2.06. The van der Waals surface area contributed by atoms with E-state index in [9.17, 15) is 9.59 Å². The molecule has 2 amide bonds. The van der Waals surface area contributed by atoms with Crippen molar-refractivity contribution in [2.24, 2.45) is 5.92 Å². The van der Waals surface area contributed by atoms with Crippen LogP contribution in [0, 0.1) is 5.92 Å². The minimum absolute atomic E-state index is 0.0469. The van der Waals surface area contributed by atoms with Gasteiger partial charge in [0, 0.05) is 32.7 Å². The molecule has 6 nitrogen and oxygen atoms in total. The van der Waals surface area contributed by atoms with Gasteiger partial charge >= 0.3 is 12.0 Å². The first-order valence-electron chi connectivity index (χ1n) is 6.53. The molecule has 6 heteroatoms. The zero-order chi connectivity index (χ0) is 13.5. The van der Waals surface area contributed by atoms with Crippen LogP contribution in [-0.2, 0) is 4.79 Å². The third-order valence-electron chi connectivity index (χ3n) is 3.18. The fraction of sp³-hybridized carbons (Fsp3) is 0.833. The van der Waals surface area contributed by atoms with Crippen LogP contribution in [0.1, 0.15) is 20.3 Å². The van der Waals surface area contributed by atoms with Crippen molar-refractivity contribution in [3.63, 3.8) is 0 Å². The molecule has 1 aliphatic heterocycles. The number of carboxylic acid groups (broad SMARTS) is 1. The van der Waals surface area contributed by atoms with E-state index in [1.54, 1.807) is 16.7 Å². The van der Waals surface area contributed by atoms with E-state index in [2.05, 4.69) is 5.32 Å². The predicted molar refractivity (Wildman–Crippen MR) is 68.5 cm³/mol. The Morgan fingerprint density at radius 2 is 2.11 bits per heavy atom. The van der Waals surface area contributed by atoms with Crippen LogP contribution in [0.25, 0.3) is 0 Å². The van der Waals surface area contributed by atoms with Crippen molar-refractivity contribution in [1.82, 2.24) is 15.1 Å². The van der Waals surface area contributed by atoms with E-state index in [0.29, 0.717) is 13.1 Å². The molecule has 18 heavy (non-hydrogen) atoms. The SMILES string of the molecule is CCN(CC(C)C(=O)O)C(=O)N1CCCNCC1. The van der Waals surface area contributed by atoms with Gasteiger partial charge in [0.05, 0.1) is 5.92 Å². The lowest BCUT2D eigenvalue weighted by atomic mass is 10.2. The summed E-state index contributed by atoms with van der Waals surface area (Å²) in [5.41, 5.74) is 0. The molecule has 1 aliphatic rings. The molecule has 1 unspecified atom stereocenters. The number of nitrogens with zero attached hydrogens (tertiary/aromatic N) is 2. The summed E-state index contributed by atoms with van der Waals surface area (Å²) in [6.45, 7) is 7.49. The van der Waals surface area contributed by atoms with Crippen LogP contribution in [0.3, 0.4) is 0 Å². The Kier molecular flexibility index (Phi) is 5.91. The van der Waals surface area contributed by atoms with Crippen LogP contribution in [-0.4, -0.2) is 66.2 Å². The number of hydrogen-bond donors (Lipinski definition) is 2. The van der Waals surface area contributed by atoms with Crippen LogP contribution >= 0.6 is 0 Å². The highest BCUT2D eigenvalue weighted by atomic mass is 16.4. The lowest BCUT2D eigenvalue weighted by Crippen LogP contribution is -2.46.